The Kier molecular flexibility index (Phi) is 5.98. The first-order valence-corrected chi connectivity index (χ1v) is 13.0. The van der Waals surface area contributed by atoms with Gasteiger partial charge in [-0.2, -0.15) is 0 Å². The molecule has 0 aromatic heterocycles. The van der Waals surface area contributed by atoms with Gasteiger partial charge in [-0.3, -0.25) is 0 Å². The summed E-state index contributed by atoms with van der Waals surface area (Å²) in [6.07, 6.45) is 17.5. The number of hydrogen-bond donors (Lipinski definition) is 1. The molecule has 1 heteroatoms. The van der Waals surface area contributed by atoms with Gasteiger partial charge in [0, 0.05) is 6.04 Å². The number of rotatable bonds is 5. The van der Waals surface area contributed by atoms with E-state index in [9.17, 15) is 0 Å². The molecule has 0 aromatic rings. The van der Waals surface area contributed by atoms with Gasteiger partial charge in [-0.15, -0.1) is 0 Å². The molecule has 4 rings (SSSR count). The standard InChI is InChI=1S/C27H49N/c1-18(2)7-6-8-19(3)23-11-12-24-22-10-9-20-17-21(28)13-15-26(20,4)25(22)14-16-27(23,24)5/h18-25H,6-17,28H2,1-5H3/t19?,20?,21-,22?,23-,24?,25?,26+,27-/m1/s1. The smallest absolute Gasteiger partial charge is 0.00418 e. The van der Waals surface area contributed by atoms with Crippen LogP contribution in [-0.2, 0) is 0 Å². The van der Waals surface area contributed by atoms with Gasteiger partial charge in [-0.05, 0) is 110 Å². The number of hydrogen-bond acceptors (Lipinski definition) is 1. The zero-order valence-corrected chi connectivity index (χ0v) is 19.7. The van der Waals surface area contributed by atoms with Crippen LogP contribution in [0.25, 0.3) is 0 Å². The van der Waals surface area contributed by atoms with Crippen molar-refractivity contribution >= 4 is 0 Å². The molecule has 4 fully saturated rings. The topological polar surface area (TPSA) is 26.0 Å². The van der Waals surface area contributed by atoms with Gasteiger partial charge in [0.25, 0.3) is 0 Å². The van der Waals surface area contributed by atoms with Gasteiger partial charge in [0.2, 0.25) is 0 Å². The normalized spacial score (nSPS) is 49.4. The summed E-state index contributed by atoms with van der Waals surface area (Å²) in [7, 11) is 0. The lowest BCUT2D eigenvalue weighted by Gasteiger charge is -2.61. The predicted molar refractivity (Wildman–Crippen MR) is 121 cm³/mol. The van der Waals surface area contributed by atoms with E-state index < -0.39 is 0 Å². The first-order chi connectivity index (χ1) is 13.3. The highest BCUT2D eigenvalue weighted by atomic mass is 14.7. The minimum Gasteiger partial charge on any atom is -0.328 e. The fourth-order valence-corrected chi connectivity index (χ4v) is 9.32. The molecule has 5 unspecified atom stereocenters. The van der Waals surface area contributed by atoms with Crippen LogP contribution in [0.4, 0.5) is 0 Å². The van der Waals surface area contributed by atoms with Gasteiger partial charge in [0.05, 0.1) is 0 Å². The minimum absolute atomic E-state index is 0.492. The summed E-state index contributed by atoms with van der Waals surface area (Å²) in [6, 6.07) is 0.492. The molecule has 0 aliphatic heterocycles. The lowest BCUT2D eigenvalue weighted by Crippen LogP contribution is -2.54. The van der Waals surface area contributed by atoms with Crippen LogP contribution in [0.5, 0.6) is 0 Å². The zero-order chi connectivity index (χ0) is 20.1. The maximum atomic E-state index is 6.39. The molecule has 0 heterocycles. The number of nitrogens with two attached hydrogens (primary N) is 1. The van der Waals surface area contributed by atoms with Crippen LogP contribution in [0, 0.1) is 52.3 Å². The van der Waals surface area contributed by atoms with E-state index in [-0.39, 0.29) is 0 Å². The quantitative estimate of drug-likeness (QED) is 0.521. The van der Waals surface area contributed by atoms with E-state index in [1.54, 1.807) is 0 Å². The maximum absolute atomic E-state index is 6.39. The fraction of sp³-hybridized carbons (Fsp3) is 1.00. The molecule has 0 radical (unpaired) electrons. The van der Waals surface area contributed by atoms with Gasteiger partial charge < -0.3 is 5.73 Å². The maximum Gasteiger partial charge on any atom is 0.00418 e. The van der Waals surface area contributed by atoms with E-state index >= 15 is 0 Å². The highest BCUT2D eigenvalue weighted by Crippen LogP contribution is 2.68. The molecule has 0 saturated heterocycles. The second kappa shape index (κ2) is 7.90. The van der Waals surface area contributed by atoms with Crippen LogP contribution >= 0.6 is 0 Å². The predicted octanol–water partition coefficient (Wildman–Crippen LogP) is 7.44. The molecule has 4 aliphatic carbocycles. The summed E-state index contributed by atoms with van der Waals surface area (Å²) in [5.41, 5.74) is 7.64. The fourth-order valence-electron chi connectivity index (χ4n) is 9.32. The molecule has 28 heavy (non-hydrogen) atoms. The van der Waals surface area contributed by atoms with E-state index in [2.05, 4.69) is 34.6 Å². The third kappa shape index (κ3) is 3.50. The van der Waals surface area contributed by atoms with Gasteiger partial charge in [-0.1, -0.05) is 53.9 Å². The van der Waals surface area contributed by atoms with Crippen molar-refractivity contribution < 1.29 is 0 Å². The SMILES string of the molecule is CC(C)CCCC(C)[C@H]1CCC2C3CCC4C[C@H](N)CC[C@]4(C)C3CC[C@@]21C. The van der Waals surface area contributed by atoms with Crippen molar-refractivity contribution in [1.82, 2.24) is 0 Å². The summed E-state index contributed by atoms with van der Waals surface area (Å²) in [4.78, 5) is 0. The summed E-state index contributed by atoms with van der Waals surface area (Å²) < 4.78 is 0. The van der Waals surface area contributed by atoms with Crippen LogP contribution in [-0.4, -0.2) is 6.04 Å². The van der Waals surface area contributed by atoms with E-state index in [1.165, 1.54) is 77.0 Å². The Bertz CT molecular complexity index is 540. The van der Waals surface area contributed by atoms with Crippen molar-refractivity contribution in [3.63, 3.8) is 0 Å². The van der Waals surface area contributed by atoms with Gasteiger partial charge >= 0.3 is 0 Å². The number of fused-ring (bicyclic) bond motifs is 5. The summed E-state index contributed by atoms with van der Waals surface area (Å²) in [5.74, 6) is 6.79. The monoisotopic (exact) mass is 387 g/mol. The molecular weight excluding hydrogens is 338 g/mol. The van der Waals surface area contributed by atoms with Crippen LogP contribution in [0.15, 0.2) is 0 Å². The molecule has 4 aliphatic rings. The molecule has 0 amide bonds. The second-order valence-corrected chi connectivity index (χ2v) is 12.7. The molecule has 0 aromatic carbocycles. The Labute approximate surface area is 176 Å². The molecule has 9 atom stereocenters. The van der Waals surface area contributed by atoms with Gasteiger partial charge in [-0.25, -0.2) is 0 Å². The van der Waals surface area contributed by atoms with Crippen LogP contribution in [0.2, 0.25) is 0 Å². The van der Waals surface area contributed by atoms with Crippen LogP contribution in [0.1, 0.15) is 112 Å². The Morgan fingerprint density at radius 3 is 2.29 bits per heavy atom. The highest BCUT2D eigenvalue weighted by molar-refractivity contribution is 5.09. The van der Waals surface area contributed by atoms with Crippen molar-refractivity contribution in [2.45, 2.75) is 118 Å². The molecule has 2 N–H and O–H groups in total. The molecule has 162 valence electrons. The Hall–Kier alpha value is -0.0400. The lowest BCUT2D eigenvalue weighted by atomic mass is 9.44. The first-order valence-electron chi connectivity index (χ1n) is 13.0. The largest absolute Gasteiger partial charge is 0.328 e. The molecule has 4 saturated carbocycles. The lowest BCUT2D eigenvalue weighted by molar-refractivity contribution is -0.116. The van der Waals surface area contributed by atoms with Gasteiger partial charge in [0.1, 0.15) is 0 Å². The summed E-state index contributed by atoms with van der Waals surface area (Å²) in [6.45, 7) is 12.8. The van der Waals surface area contributed by atoms with E-state index in [0.717, 1.165) is 41.4 Å². The highest BCUT2D eigenvalue weighted by Gasteiger charge is 2.60. The Balaban J connectivity index is 1.46. The average molecular weight is 388 g/mol. The molecule has 1 nitrogen and oxygen atoms in total. The molecular formula is C27H49N. The summed E-state index contributed by atoms with van der Waals surface area (Å²) >= 11 is 0. The second-order valence-electron chi connectivity index (χ2n) is 12.7. The molecule has 0 bridgehead atoms. The Morgan fingerprint density at radius 1 is 0.821 bits per heavy atom. The van der Waals surface area contributed by atoms with Crippen molar-refractivity contribution in [2.75, 3.05) is 0 Å². The minimum atomic E-state index is 0.492. The van der Waals surface area contributed by atoms with Gasteiger partial charge in [0.15, 0.2) is 0 Å². The van der Waals surface area contributed by atoms with E-state index in [4.69, 9.17) is 5.73 Å². The third-order valence-electron chi connectivity index (χ3n) is 10.9. The third-order valence-corrected chi connectivity index (χ3v) is 10.9. The van der Waals surface area contributed by atoms with Crippen molar-refractivity contribution in [3.05, 3.63) is 0 Å². The van der Waals surface area contributed by atoms with Crippen LogP contribution < -0.4 is 5.73 Å². The van der Waals surface area contributed by atoms with Crippen molar-refractivity contribution in [1.29, 1.82) is 0 Å². The van der Waals surface area contributed by atoms with Crippen molar-refractivity contribution in [2.24, 2.45) is 58.0 Å². The molecule has 0 spiro atoms. The van der Waals surface area contributed by atoms with E-state index in [0.29, 0.717) is 16.9 Å². The van der Waals surface area contributed by atoms with Crippen molar-refractivity contribution in [3.8, 4) is 0 Å². The summed E-state index contributed by atoms with van der Waals surface area (Å²) in [5, 5.41) is 0. The zero-order valence-electron chi connectivity index (χ0n) is 19.7. The first kappa shape index (κ1) is 21.2. The average Bonchev–Trinajstić information content (AvgIpc) is 2.99. The van der Waals surface area contributed by atoms with Crippen LogP contribution in [0.3, 0.4) is 0 Å². The Morgan fingerprint density at radius 2 is 1.54 bits per heavy atom. The van der Waals surface area contributed by atoms with E-state index in [1.807, 2.05) is 0 Å².